The average Bonchev–Trinajstić information content (AvgIpc) is 2.80. The first-order valence-electron chi connectivity index (χ1n) is 6.21. The van der Waals surface area contributed by atoms with E-state index in [9.17, 15) is 0 Å². The van der Waals surface area contributed by atoms with Crippen LogP contribution in [0.25, 0.3) is 5.69 Å². The van der Waals surface area contributed by atoms with Crippen molar-refractivity contribution in [2.45, 2.75) is 40.2 Å². The Balaban J connectivity index is 2.22. The van der Waals surface area contributed by atoms with E-state index in [2.05, 4.69) is 47.3 Å². The fourth-order valence-electron chi connectivity index (χ4n) is 2.91. The Morgan fingerprint density at radius 2 is 1.88 bits per heavy atom. The highest BCUT2D eigenvalue weighted by Gasteiger charge is 2.26. The fourth-order valence-corrected chi connectivity index (χ4v) is 2.91. The fraction of sp³-hybridized carbons (Fsp3) is 0.429. The molecule has 0 N–H and O–H groups in total. The van der Waals surface area contributed by atoms with Gasteiger partial charge >= 0.3 is 0 Å². The van der Waals surface area contributed by atoms with E-state index in [1.807, 2.05) is 6.33 Å². The zero-order chi connectivity index (χ0) is 12.0. The van der Waals surface area contributed by atoms with Crippen molar-refractivity contribution in [1.29, 1.82) is 0 Å². The molecule has 17 heavy (non-hydrogen) atoms. The lowest BCUT2D eigenvalue weighted by Gasteiger charge is -2.07. The second-order valence-corrected chi connectivity index (χ2v) is 5.00. The van der Waals surface area contributed by atoms with Gasteiger partial charge < -0.3 is 0 Å². The zero-order valence-corrected chi connectivity index (χ0v) is 10.7. The highest BCUT2D eigenvalue weighted by Crippen LogP contribution is 2.22. The normalized spacial score (nSPS) is 14.1. The first-order valence-corrected chi connectivity index (χ1v) is 6.21. The van der Waals surface area contributed by atoms with Gasteiger partial charge in [0.15, 0.2) is 0 Å². The van der Waals surface area contributed by atoms with E-state index in [1.165, 1.54) is 34.6 Å². The monoisotopic (exact) mass is 228 g/mol. The van der Waals surface area contributed by atoms with Gasteiger partial charge in [0.05, 0.1) is 6.54 Å². The number of nitrogens with zero attached hydrogens (tertiary/aromatic N) is 3. The van der Waals surface area contributed by atoms with E-state index in [4.69, 9.17) is 0 Å². The number of hydrogen-bond donors (Lipinski definition) is 0. The molecule has 0 saturated carbocycles. The van der Waals surface area contributed by atoms with Gasteiger partial charge in [-0.2, -0.15) is 0 Å². The van der Waals surface area contributed by atoms with E-state index in [-0.39, 0.29) is 0 Å². The number of aromatic nitrogens is 3. The summed E-state index contributed by atoms with van der Waals surface area (Å²) >= 11 is 0. The minimum absolute atomic E-state index is 1.11. The van der Waals surface area contributed by atoms with E-state index in [1.54, 1.807) is 0 Å². The summed E-state index contributed by atoms with van der Waals surface area (Å²) in [6.45, 7) is 7.59. The summed E-state index contributed by atoms with van der Waals surface area (Å²) in [5.74, 6) is 1.33. The first kappa shape index (κ1) is 10.5. The molecule has 1 aromatic carbocycles. The molecule has 0 aliphatic carbocycles. The lowest BCUT2D eigenvalue weighted by molar-refractivity contribution is -0.691. The van der Waals surface area contributed by atoms with Crippen LogP contribution in [0.3, 0.4) is 0 Å². The van der Waals surface area contributed by atoms with Crippen LogP contribution < -0.4 is 4.57 Å². The molecule has 3 rings (SSSR count). The Labute approximate surface area is 102 Å². The predicted molar refractivity (Wildman–Crippen MR) is 66.3 cm³/mol. The smallest absolute Gasteiger partial charge is 0.234 e. The summed E-state index contributed by atoms with van der Waals surface area (Å²) in [7, 11) is 0. The Kier molecular flexibility index (Phi) is 2.28. The zero-order valence-electron chi connectivity index (χ0n) is 10.7. The van der Waals surface area contributed by atoms with Crippen molar-refractivity contribution in [2.75, 3.05) is 0 Å². The molecule has 0 saturated heterocycles. The number of rotatable bonds is 1. The maximum atomic E-state index is 4.54. The standard InChI is InChI=1S/C14H18N3/c1-10-7-11(2)14(12(3)8-10)17-13-5-4-6-16(13)9-15-17/h7-9H,4-6H2,1-3H3/q+1. The minimum Gasteiger partial charge on any atom is -0.234 e. The van der Waals surface area contributed by atoms with Crippen LogP contribution >= 0.6 is 0 Å². The van der Waals surface area contributed by atoms with E-state index < -0.39 is 0 Å². The molecule has 3 nitrogen and oxygen atoms in total. The van der Waals surface area contributed by atoms with Crippen LogP contribution in [0.2, 0.25) is 0 Å². The lowest BCUT2D eigenvalue weighted by atomic mass is 10.1. The van der Waals surface area contributed by atoms with Crippen molar-refractivity contribution < 1.29 is 4.57 Å². The van der Waals surface area contributed by atoms with Crippen LogP contribution in [-0.2, 0) is 13.0 Å². The van der Waals surface area contributed by atoms with E-state index in [0.29, 0.717) is 0 Å². The summed E-state index contributed by atoms with van der Waals surface area (Å²) in [5, 5.41) is 4.54. The molecule has 2 aromatic rings. The predicted octanol–water partition coefficient (Wildman–Crippen LogP) is 2.03. The molecule has 0 radical (unpaired) electrons. The SMILES string of the molecule is Cc1cc(C)c(-n2nc[n+]3c2CCC3)c(C)c1. The van der Waals surface area contributed by atoms with Gasteiger partial charge in [-0.15, -0.1) is 0 Å². The van der Waals surface area contributed by atoms with Gasteiger partial charge in [0.25, 0.3) is 6.33 Å². The summed E-state index contributed by atoms with van der Waals surface area (Å²) in [4.78, 5) is 0. The van der Waals surface area contributed by atoms with Crippen molar-refractivity contribution in [3.05, 3.63) is 41.0 Å². The molecule has 0 unspecified atom stereocenters. The van der Waals surface area contributed by atoms with Crippen molar-refractivity contribution in [3.63, 3.8) is 0 Å². The van der Waals surface area contributed by atoms with Gasteiger partial charge in [-0.3, -0.25) is 0 Å². The molecule has 0 bridgehead atoms. The molecular weight excluding hydrogens is 210 g/mol. The van der Waals surface area contributed by atoms with Crippen molar-refractivity contribution >= 4 is 0 Å². The van der Waals surface area contributed by atoms with Gasteiger partial charge in [-0.05, 0) is 38.3 Å². The first-order chi connectivity index (χ1) is 8.16. The molecule has 3 heteroatoms. The molecule has 0 fully saturated rings. The molecule has 1 aliphatic rings. The summed E-state index contributed by atoms with van der Waals surface area (Å²) in [6, 6.07) is 4.46. The van der Waals surface area contributed by atoms with Crippen LogP contribution in [0.4, 0.5) is 0 Å². The van der Waals surface area contributed by atoms with Crippen molar-refractivity contribution in [3.8, 4) is 5.69 Å². The highest BCUT2D eigenvalue weighted by atomic mass is 15.4. The summed E-state index contributed by atoms with van der Waals surface area (Å²) in [5.41, 5.74) is 5.19. The molecule has 0 spiro atoms. The molecule has 2 heterocycles. The van der Waals surface area contributed by atoms with Gasteiger partial charge in [-0.25, -0.2) is 4.57 Å². The molecule has 88 valence electrons. The van der Waals surface area contributed by atoms with Gasteiger partial charge in [-0.1, -0.05) is 22.4 Å². The molecular formula is C14H18N3+. The van der Waals surface area contributed by atoms with Crippen molar-refractivity contribution in [2.24, 2.45) is 0 Å². The minimum atomic E-state index is 1.11. The Morgan fingerprint density at radius 1 is 1.18 bits per heavy atom. The third-order valence-corrected chi connectivity index (χ3v) is 3.53. The lowest BCUT2D eigenvalue weighted by Crippen LogP contribution is -2.30. The number of hydrogen-bond acceptors (Lipinski definition) is 1. The van der Waals surface area contributed by atoms with Crippen LogP contribution in [-0.4, -0.2) is 9.78 Å². The van der Waals surface area contributed by atoms with Gasteiger partial charge in [0.1, 0.15) is 5.69 Å². The Morgan fingerprint density at radius 3 is 2.59 bits per heavy atom. The van der Waals surface area contributed by atoms with Crippen molar-refractivity contribution in [1.82, 2.24) is 9.78 Å². The van der Waals surface area contributed by atoms with Crippen LogP contribution in [0.1, 0.15) is 28.9 Å². The summed E-state index contributed by atoms with van der Waals surface area (Å²) in [6.07, 6.45) is 4.33. The maximum Gasteiger partial charge on any atom is 0.265 e. The maximum absolute atomic E-state index is 4.54. The van der Waals surface area contributed by atoms with Crippen LogP contribution in [0.5, 0.6) is 0 Å². The third-order valence-electron chi connectivity index (χ3n) is 3.53. The third kappa shape index (κ3) is 1.57. The topological polar surface area (TPSA) is 21.7 Å². The Bertz CT molecular complexity index is 558. The number of fused-ring (bicyclic) bond motifs is 1. The molecule has 0 atom stereocenters. The number of benzene rings is 1. The summed E-state index contributed by atoms with van der Waals surface area (Å²) < 4.78 is 4.38. The second-order valence-electron chi connectivity index (χ2n) is 5.00. The second kappa shape index (κ2) is 3.69. The molecule has 1 aliphatic heterocycles. The quantitative estimate of drug-likeness (QED) is 0.684. The average molecular weight is 228 g/mol. The van der Waals surface area contributed by atoms with E-state index >= 15 is 0 Å². The molecule has 0 amide bonds. The van der Waals surface area contributed by atoms with Gasteiger partial charge in [0, 0.05) is 11.5 Å². The molecule has 1 aromatic heterocycles. The highest BCUT2D eigenvalue weighted by molar-refractivity contribution is 5.48. The Hall–Kier alpha value is -1.64. The number of aryl methyl sites for hydroxylation is 4. The van der Waals surface area contributed by atoms with Gasteiger partial charge in [0.2, 0.25) is 5.82 Å². The van der Waals surface area contributed by atoms with Crippen LogP contribution in [0, 0.1) is 20.8 Å². The largest absolute Gasteiger partial charge is 0.265 e. The van der Waals surface area contributed by atoms with E-state index in [0.717, 1.165) is 13.0 Å². The van der Waals surface area contributed by atoms with Crippen LogP contribution in [0.15, 0.2) is 18.5 Å².